The second-order valence-electron chi connectivity index (χ2n) is 5.21. The second-order valence-corrected chi connectivity index (χ2v) is 5.21. The first-order valence-electron chi connectivity index (χ1n) is 7.48. The molecule has 0 spiro atoms. The predicted molar refractivity (Wildman–Crippen MR) is 79.6 cm³/mol. The molecule has 0 saturated heterocycles. The summed E-state index contributed by atoms with van der Waals surface area (Å²) in [6.45, 7) is 8.45. The fraction of sp³-hybridized carbons (Fsp3) is 0.625. The van der Waals surface area contributed by atoms with Crippen molar-refractivity contribution in [2.24, 2.45) is 5.73 Å². The summed E-state index contributed by atoms with van der Waals surface area (Å²) in [5.74, 6) is 1.06. The van der Waals surface area contributed by atoms with Crippen molar-refractivity contribution in [3.8, 4) is 5.75 Å². The van der Waals surface area contributed by atoms with E-state index in [4.69, 9.17) is 10.5 Å². The van der Waals surface area contributed by atoms with Crippen LogP contribution in [-0.2, 0) is 6.42 Å². The fourth-order valence-corrected chi connectivity index (χ4v) is 2.72. The lowest BCUT2D eigenvalue weighted by Gasteiger charge is -2.25. The van der Waals surface area contributed by atoms with Gasteiger partial charge < -0.3 is 15.4 Å². The average Bonchev–Trinajstić information content (AvgIpc) is 2.47. The van der Waals surface area contributed by atoms with Gasteiger partial charge in [-0.3, -0.25) is 0 Å². The number of ether oxygens (including phenoxy) is 1. The maximum Gasteiger partial charge on any atom is 0.127 e. The third kappa shape index (κ3) is 3.48. The lowest BCUT2D eigenvalue weighted by molar-refractivity contribution is 0.274. The highest BCUT2D eigenvalue weighted by atomic mass is 16.5. The molecule has 0 amide bonds. The van der Waals surface area contributed by atoms with E-state index >= 15 is 0 Å². The number of rotatable bonds is 6. The van der Waals surface area contributed by atoms with Crippen molar-refractivity contribution in [2.45, 2.75) is 39.2 Å². The highest BCUT2D eigenvalue weighted by Gasteiger charge is 2.18. The van der Waals surface area contributed by atoms with E-state index in [0.717, 1.165) is 51.3 Å². The smallest absolute Gasteiger partial charge is 0.127 e. The maximum absolute atomic E-state index is 6.37. The van der Waals surface area contributed by atoms with Crippen LogP contribution in [0.25, 0.3) is 0 Å². The Balaban J connectivity index is 2.04. The quantitative estimate of drug-likeness (QED) is 0.856. The standard InChI is InChI=1S/C16H26N2O/c1-3-18(4-2)11-10-15(17)14-9-5-7-13-8-6-12-19-16(13)14/h5,7,9,15H,3-4,6,8,10-12,17H2,1-2H3. The molecule has 1 aromatic rings. The molecule has 1 unspecified atom stereocenters. The van der Waals surface area contributed by atoms with Gasteiger partial charge in [-0.15, -0.1) is 0 Å². The minimum Gasteiger partial charge on any atom is -0.493 e. The molecular weight excluding hydrogens is 236 g/mol. The van der Waals surface area contributed by atoms with E-state index in [1.54, 1.807) is 0 Å². The predicted octanol–water partition coefficient (Wildman–Crippen LogP) is 2.74. The Kier molecular flexibility index (Phi) is 5.23. The van der Waals surface area contributed by atoms with Gasteiger partial charge in [-0.2, -0.15) is 0 Å². The van der Waals surface area contributed by atoms with Crippen LogP contribution in [0.5, 0.6) is 5.75 Å². The number of nitrogens with two attached hydrogens (primary N) is 1. The number of nitrogens with zero attached hydrogens (tertiary/aromatic N) is 1. The monoisotopic (exact) mass is 262 g/mol. The Hall–Kier alpha value is -1.06. The van der Waals surface area contributed by atoms with Crippen molar-refractivity contribution in [3.05, 3.63) is 29.3 Å². The molecule has 1 aliphatic rings. The van der Waals surface area contributed by atoms with Gasteiger partial charge in [-0.25, -0.2) is 0 Å². The minimum atomic E-state index is 0.0775. The summed E-state index contributed by atoms with van der Waals surface area (Å²) >= 11 is 0. The van der Waals surface area contributed by atoms with Gasteiger partial charge in [-0.1, -0.05) is 32.0 Å². The van der Waals surface area contributed by atoms with E-state index in [2.05, 4.69) is 36.9 Å². The maximum atomic E-state index is 6.37. The van der Waals surface area contributed by atoms with E-state index in [1.807, 2.05) is 0 Å². The van der Waals surface area contributed by atoms with Crippen LogP contribution in [0.4, 0.5) is 0 Å². The van der Waals surface area contributed by atoms with Gasteiger partial charge in [0.15, 0.2) is 0 Å². The first-order valence-corrected chi connectivity index (χ1v) is 7.48. The van der Waals surface area contributed by atoms with Crippen LogP contribution in [0.15, 0.2) is 18.2 Å². The summed E-state index contributed by atoms with van der Waals surface area (Å²) < 4.78 is 5.84. The molecule has 0 saturated carbocycles. The highest BCUT2D eigenvalue weighted by Crippen LogP contribution is 2.33. The Bertz CT molecular complexity index is 402. The van der Waals surface area contributed by atoms with Gasteiger partial charge in [-0.05, 0) is 44.5 Å². The SMILES string of the molecule is CCN(CC)CCC(N)c1cccc2c1OCCC2. The summed E-state index contributed by atoms with van der Waals surface area (Å²) in [5, 5.41) is 0. The Morgan fingerprint density at radius 3 is 2.84 bits per heavy atom. The van der Waals surface area contributed by atoms with Crippen molar-refractivity contribution < 1.29 is 4.74 Å². The minimum absolute atomic E-state index is 0.0775. The molecule has 2 N–H and O–H groups in total. The van der Waals surface area contributed by atoms with E-state index in [0.29, 0.717) is 0 Å². The number of benzene rings is 1. The van der Waals surface area contributed by atoms with Gasteiger partial charge in [0.1, 0.15) is 5.75 Å². The third-order valence-electron chi connectivity index (χ3n) is 4.01. The van der Waals surface area contributed by atoms with E-state index in [9.17, 15) is 0 Å². The van der Waals surface area contributed by atoms with Gasteiger partial charge >= 0.3 is 0 Å². The van der Waals surface area contributed by atoms with E-state index in [1.165, 1.54) is 11.1 Å². The average molecular weight is 262 g/mol. The molecular formula is C16H26N2O. The van der Waals surface area contributed by atoms with Crippen LogP contribution >= 0.6 is 0 Å². The topological polar surface area (TPSA) is 38.5 Å². The van der Waals surface area contributed by atoms with E-state index in [-0.39, 0.29) is 6.04 Å². The Labute approximate surface area is 116 Å². The third-order valence-corrected chi connectivity index (χ3v) is 4.01. The first-order chi connectivity index (χ1) is 9.26. The molecule has 1 heterocycles. The number of hydrogen-bond acceptors (Lipinski definition) is 3. The zero-order valence-electron chi connectivity index (χ0n) is 12.2. The summed E-state index contributed by atoms with van der Waals surface area (Å²) in [6, 6.07) is 6.47. The molecule has 0 radical (unpaired) electrons. The molecule has 19 heavy (non-hydrogen) atoms. The largest absolute Gasteiger partial charge is 0.493 e. The lowest BCUT2D eigenvalue weighted by atomic mass is 9.97. The van der Waals surface area contributed by atoms with E-state index < -0.39 is 0 Å². The number of hydrogen-bond donors (Lipinski definition) is 1. The zero-order valence-corrected chi connectivity index (χ0v) is 12.2. The first kappa shape index (κ1) is 14.4. The number of fused-ring (bicyclic) bond motifs is 1. The molecule has 1 aromatic carbocycles. The van der Waals surface area contributed by atoms with Gasteiger partial charge in [0.2, 0.25) is 0 Å². The van der Waals surface area contributed by atoms with Crippen LogP contribution in [-0.4, -0.2) is 31.1 Å². The van der Waals surface area contributed by atoms with Crippen molar-refractivity contribution in [2.75, 3.05) is 26.2 Å². The van der Waals surface area contributed by atoms with Crippen molar-refractivity contribution >= 4 is 0 Å². The summed E-state index contributed by atoms with van der Waals surface area (Å²) in [5.41, 5.74) is 8.88. The summed E-state index contributed by atoms with van der Waals surface area (Å²) in [6.07, 6.45) is 3.22. The normalized spacial score (nSPS) is 16.0. The van der Waals surface area contributed by atoms with Crippen molar-refractivity contribution in [1.82, 2.24) is 4.90 Å². The Morgan fingerprint density at radius 2 is 2.11 bits per heavy atom. The molecule has 3 nitrogen and oxygen atoms in total. The molecule has 2 rings (SSSR count). The fourth-order valence-electron chi connectivity index (χ4n) is 2.72. The van der Waals surface area contributed by atoms with Gasteiger partial charge in [0.05, 0.1) is 6.61 Å². The van der Waals surface area contributed by atoms with Crippen molar-refractivity contribution in [3.63, 3.8) is 0 Å². The van der Waals surface area contributed by atoms with Crippen LogP contribution < -0.4 is 10.5 Å². The van der Waals surface area contributed by atoms with Crippen LogP contribution in [0.1, 0.15) is 43.9 Å². The molecule has 106 valence electrons. The number of aryl methyl sites for hydroxylation is 1. The molecule has 0 aromatic heterocycles. The number of para-hydroxylation sites is 1. The highest BCUT2D eigenvalue weighted by molar-refractivity contribution is 5.44. The molecule has 0 fully saturated rings. The second kappa shape index (κ2) is 6.92. The van der Waals surface area contributed by atoms with Gasteiger partial charge in [0, 0.05) is 11.6 Å². The molecule has 1 atom stereocenters. The molecule has 0 aliphatic carbocycles. The van der Waals surface area contributed by atoms with Gasteiger partial charge in [0.25, 0.3) is 0 Å². The van der Waals surface area contributed by atoms with Crippen molar-refractivity contribution in [1.29, 1.82) is 0 Å². The zero-order chi connectivity index (χ0) is 13.7. The molecule has 3 heteroatoms. The molecule has 0 bridgehead atoms. The lowest BCUT2D eigenvalue weighted by Crippen LogP contribution is -2.27. The summed E-state index contributed by atoms with van der Waals surface area (Å²) in [7, 11) is 0. The van der Waals surface area contributed by atoms with Crippen LogP contribution in [0, 0.1) is 0 Å². The molecule has 1 aliphatic heterocycles. The summed E-state index contributed by atoms with van der Waals surface area (Å²) in [4.78, 5) is 2.41. The Morgan fingerprint density at radius 1 is 1.32 bits per heavy atom. The van der Waals surface area contributed by atoms with Crippen LogP contribution in [0.3, 0.4) is 0 Å². The van der Waals surface area contributed by atoms with Crippen LogP contribution in [0.2, 0.25) is 0 Å².